The molecular weight excluding hydrogens is 740 g/mol. The molecule has 3 heterocycles. The molecule has 0 atom stereocenters. The van der Waals surface area contributed by atoms with Gasteiger partial charge in [-0.2, -0.15) is 9.97 Å². The molecule has 11 aromatic rings. The van der Waals surface area contributed by atoms with Crippen molar-refractivity contribution in [2.24, 2.45) is 0 Å². The quantitative estimate of drug-likeness (QED) is 0.158. The zero-order valence-electron chi connectivity index (χ0n) is 31.2. The van der Waals surface area contributed by atoms with E-state index >= 15 is 4.39 Å². The average molecular weight is 770 g/mol. The van der Waals surface area contributed by atoms with E-state index in [0.717, 1.165) is 72.0 Å². The van der Waals surface area contributed by atoms with Gasteiger partial charge in [0, 0.05) is 32.7 Å². The van der Waals surface area contributed by atoms with Crippen molar-refractivity contribution in [3.05, 3.63) is 199 Å². The van der Waals surface area contributed by atoms with Crippen LogP contribution in [0.4, 0.5) is 13.2 Å². The molecule has 11 rings (SSSR count). The van der Waals surface area contributed by atoms with Crippen LogP contribution in [0.1, 0.15) is 0 Å². The predicted octanol–water partition coefficient (Wildman–Crippen LogP) is 13.2. The highest BCUT2D eigenvalue weighted by Gasteiger charge is 2.25. The number of aromatic nitrogens is 5. The van der Waals surface area contributed by atoms with Crippen molar-refractivity contribution >= 4 is 43.6 Å². The van der Waals surface area contributed by atoms with Gasteiger partial charge in [-0.1, -0.05) is 152 Å². The van der Waals surface area contributed by atoms with Crippen LogP contribution in [0.3, 0.4) is 0 Å². The Balaban J connectivity index is 1.18. The first-order chi connectivity index (χ1) is 29.0. The summed E-state index contributed by atoms with van der Waals surface area (Å²) in [5, 5.41) is 3.30. The Morgan fingerprint density at radius 3 is 1.42 bits per heavy atom. The van der Waals surface area contributed by atoms with E-state index in [-0.39, 0.29) is 5.69 Å². The molecule has 8 aromatic carbocycles. The Labute approximate surface area is 335 Å². The highest BCUT2D eigenvalue weighted by molar-refractivity contribution is 6.26. The van der Waals surface area contributed by atoms with Crippen molar-refractivity contribution in [1.82, 2.24) is 24.1 Å². The molecule has 0 saturated heterocycles. The highest BCUT2D eigenvalue weighted by atomic mass is 19.2. The number of fused-ring (bicyclic) bond motifs is 7. The van der Waals surface area contributed by atoms with Crippen molar-refractivity contribution in [3.8, 4) is 56.7 Å². The molecule has 0 aliphatic carbocycles. The maximum Gasteiger partial charge on any atom is 0.238 e. The van der Waals surface area contributed by atoms with Gasteiger partial charge in [-0.3, -0.25) is 4.57 Å². The van der Waals surface area contributed by atoms with Crippen molar-refractivity contribution in [2.75, 3.05) is 0 Å². The summed E-state index contributed by atoms with van der Waals surface area (Å²) < 4.78 is 48.8. The standard InChI is InChI=1S/C51H30F3N5/c52-40-28-30-44(47(54)46(40)53)58-41-17-9-7-15-37(41)38-27-29-43-45(48(38)58)39-16-8-10-18-42(39)59(43)51-56-49(35-23-19-33(20-24-35)31-11-3-1-4-12-31)55-50(57-51)36-25-21-34(22-26-36)32-13-5-2-6-14-32/h1-30H. The Bertz CT molecular complexity index is 3290. The molecule has 59 heavy (non-hydrogen) atoms. The fraction of sp³-hybridized carbons (Fsp3) is 0. The van der Waals surface area contributed by atoms with E-state index in [1.807, 2.05) is 126 Å². The summed E-state index contributed by atoms with van der Waals surface area (Å²) in [5.41, 5.74) is 8.72. The van der Waals surface area contributed by atoms with Crippen molar-refractivity contribution in [2.45, 2.75) is 0 Å². The first-order valence-electron chi connectivity index (χ1n) is 19.2. The van der Waals surface area contributed by atoms with Crippen LogP contribution in [0.15, 0.2) is 182 Å². The molecule has 280 valence electrons. The summed E-state index contributed by atoms with van der Waals surface area (Å²) in [6, 6.07) is 58.4. The normalized spacial score (nSPS) is 11.6. The Morgan fingerprint density at radius 2 is 0.831 bits per heavy atom. The number of hydrogen-bond donors (Lipinski definition) is 0. The van der Waals surface area contributed by atoms with Crippen LogP contribution in [0.2, 0.25) is 0 Å². The second-order valence-electron chi connectivity index (χ2n) is 14.4. The van der Waals surface area contributed by atoms with Gasteiger partial charge in [0.1, 0.15) is 0 Å². The average Bonchev–Trinajstić information content (AvgIpc) is 3.82. The van der Waals surface area contributed by atoms with Crippen LogP contribution < -0.4 is 0 Å². The summed E-state index contributed by atoms with van der Waals surface area (Å²) in [5.74, 6) is -2.68. The van der Waals surface area contributed by atoms with Gasteiger partial charge in [0.15, 0.2) is 29.1 Å². The molecule has 0 N–H and O–H groups in total. The number of benzene rings is 8. The van der Waals surface area contributed by atoms with Crippen LogP contribution in [-0.4, -0.2) is 24.1 Å². The van der Waals surface area contributed by atoms with Gasteiger partial charge in [-0.05, 0) is 52.6 Å². The van der Waals surface area contributed by atoms with Gasteiger partial charge in [0.25, 0.3) is 0 Å². The molecule has 0 radical (unpaired) electrons. The monoisotopic (exact) mass is 769 g/mol. The first-order valence-corrected chi connectivity index (χ1v) is 19.2. The smallest absolute Gasteiger partial charge is 0.238 e. The van der Waals surface area contributed by atoms with Gasteiger partial charge >= 0.3 is 0 Å². The summed E-state index contributed by atoms with van der Waals surface area (Å²) in [4.78, 5) is 15.4. The minimum atomic E-state index is -1.53. The van der Waals surface area contributed by atoms with Gasteiger partial charge < -0.3 is 4.57 Å². The minimum Gasteiger partial charge on any atom is -0.306 e. The first kappa shape index (κ1) is 34.4. The van der Waals surface area contributed by atoms with Gasteiger partial charge in [0.05, 0.1) is 27.8 Å². The van der Waals surface area contributed by atoms with Crippen molar-refractivity contribution in [1.29, 1.82) is 0 Å². The Morgan fingerprint density at radius 1 is 0.339 bits per heavy atom. The zero-order valence-corrected chi connectivity index (χ0v) is 31.2. The fourth-order valence-electron chi connectivity index (χ4n) is 8.27. The molecule has 0 saturated carbocycles. The van der Waals surface area contributed by atoms with Crippen LogP contribution in [-0.2, 0) is 0 Å². The fourth-order valence-corrected chi connectivity index (χ4v) is 8.27. The molecule has 3 aromatic heterocycles. The van der Waals surface area contributed by atoms with E-state index in [2.05, 4.69) is 48.5 Å². The van der Waals surface area contributed by atoms with E-state index < -0.39 is 17.5 Å². The summed E-state index contributed by atoms with van der Waals surface area (Å²) >= 11 is 0. The molecular formula is C51H30F3N5. The Hall–Kier alpha value is -7.84. The third-order valence-electron chi connectivity index (χ3n) is 11.0. The maximum atomic E-state index is 15.9. The molecule has 5 nitrogen and oxygen atoms in total. The summed E-state index contributed by atoms with van der Waals surface area (Å²) in [6.07, 6.45) is 0. The van der Waals surface area contributed by atoms with E-state index in [4.69, 9.17) is 15.0 Å². The van der Waals surface area contributed by atoms with E-state index in [1.54, 1.807) is 4.57 Å². The van der Waals surface area contributed by atoms with Crippen LogP contribution in [0, 0.1) is 17.5 Å². The minimum absolute atomic E-state index is 0.0953. The van der Waals surface area contributed by atoms with Crippen LogP contribution in [0.5, 0.6) is 0 Å². The second-order valence-corrected chi connectivity index (χ2v) is 14.4. The predicted molar refractivity (Wildman–Crippen MR) is 230 cm³/mol. The lowest BCUT2D eigenvalue weighted by atomic mass is 10.0. The van der Waals surface area contributed by atoms with E-state index in [9.17, 15) is 8.78 Å². The number of halogens is 3. The summed E-state index contributed by atoms with van der Waals surface area (Å²) in [7, 11) is 0. The van der Waals surface area contributed by atoms with Crippen LogP contribution in [0.25, 0.3) is 100 Å². The number of nitrogens with zero attached hydrogens (tertiary/aromatic N) is 5. The molecule has 0 aliphatic rings. The second kappa shape index (κ2) is 13.7. The van der Waals surface area contributed by atoms with Crippen molar-refractivity contribution in [3.63, 3.8) is 0 Å². The van der Waals surface area contributed by atoms with E-state index in [1.165, 1.54) is 6.07 Å². The molecule has 8 heteroatoms. The lowest BCUT2D eigenvalue weighted by Gasteiger charge is -2.12. The molecule has 0 bridgehead atoms. The maximum absolute atomic E-state index is 15.9. The third-order valence-corrected chi connectivity index (χ3v) is 11.0. The summed E-state index contributed by atoms with van der Waals surface area (Å²) in [6.45, 7) is 0. The SMILES string of the molecule is Fc1ccc(-n2c3ccccc3c3ccc4c(c5ccccc5n4-c4nc(-c5ccc(-c6ccccc6)cc5)nc(-c5ccc(-c6ccccc6)cc5)n4)c32)c(F)c1F. The molecule has 0 unspecified atom stereocenters. The molecule has 0 spiro atoms. The van der Waals surface area contributed by atoms with Gasteiger partial charge in [0.2, 0.25) is 5.95 Å². The number of para-hydroxylation sites is 2. The third kappa shape index (κ3) is 5.60. The lowest BCUT2D eigenvalue weighted by Crippen LogP contribution is -2.06. The van der Waals surface area contributed by atoms with Crippen LogP contribution >= 0.6 is 0 Å². The van der Waals surface area contributed by atoms with Gasteiger partial charge in [-0.25, -0.2) is 18.2 Å². The Kier molecular flexibility index (Phi) is 7.97. The molecule has 0 amide bonds. The number of hydrogen-bond acceptors (Lipinski definition) is 3. The van der Waals surface area contributed by atoms with Gasteiger partial charge in [-0.15, -0.1) is 0 Å². The van der Waals surface area contributed by atoms with E-state index in [0.29, 0.717) is 28.6 Å². The lowest BCUT2D eigenvalue weighted by molar-refractivity contribution is 0.445. The molecule has 0 fully saturated rings. The van der Waals surface area contributed by atoms with Crippen molar-refractivity contribution < 1.29 is 13.2 Å². The molecule has 0 aliphatic heterocycles. The largest absolute Gasteiger partial charge is 0.306 e. The topological polar surface area (TPSA) is 48.5 Å². The highest BCUT2D eigenvalue weighted by Crippen LogP contribution is 2.42. The zero-order chi connectivity index (χ0) is 39.6. The number of rotatable bonds is 6.